The molecule has 0 heterocycles. The molecule has 21 heavy (non-hydrogen) atoms. The van der Waals surface area contributed by atoms with Crippen LogP contribution in [0.2, 0.25) is 5.02 Å². The van der Waals surface area contributed by atoms with E-state index in [0.717, 1.165) is 16.8 Å². The van der Waals surface area contributed by atoms with Gasteiger partial charge in [0.15, 0.2) is 0 Å². The summed E-state index contributed by atoms with van der Waals surface area (Å²) in [7, 11) is 3.67. The zero-order valence-electron chi connectivity index (χ0n) is 12.5. The Morgan fingerprint density at radius 2 is 2.00 bits per heavy atom. The molecule has 2 aromatic carbocycles. The van der Waals surface area contributed by atoms with Crippen LogP contribution >= 0.6 is 11.6 Å². The van der Waals surface area contributed by atoms with Crippen molar-refractivity contribution in [2.24, 2.45) is 0 Å². The SMILES string of the molecule is CNc1ccc(C(=O)N(C)Cc2cccc(Cl)c2)cc1C. The van der Waals surface area contributed by atoms with Gasteiger partial charge in [-0.25, -0.2) is 0 Å². The second kappa shape index (κ2) is 6.64. The van der Waals surface area contributed by atoms with E-state index in [4.69, 9.17) is 11.6 Å². The maximum Gasteiger partial charge on any atom is 0.253 e. The summed E-state index contributed by atoms with van der Waals surface area (Å²) in [5.74, 6) is 0.000675. The summed E-state index contributed by atoms with van der Waals surface area (Å²) in [6.45, 7) is 2.52. The predicted octanol–water partition coefficient (Wildman–Crippen LogP) is 3.96. The molecule has 0 bridgehead atoms. The van der Waals surface area contributed by atoms with Crippen molar-refractivity contribution >= 4 is 23.2 Å². The average molecular weight is 303 g/mol. The van der Waals surface area contributed by atoms with Crippen molar-refractivity contribution in [1.82, 2.24) is 4.90 Å². The molecule has 0 atom stereocenters. The van der Waals surface area contributed by atoms with E-state index in [1.165, 1.54) is 0 Å². The molecule has 0 aliphatic heterocycles. The molecule has 0 aromatic heterocycles. The van der Waals surface area contributed by atoms with Crippen LogP contribution in [0.3, 0.4) is 0 Å². The summed E-state index contributed by atoms with van der Waals surface area (Å²) in [4.78, 5) is 14.2. The summed E-state index contributed by atoms with van der Waals surface area (Å²) >= 11 is 5.97. The third-order valence-corrected chi connectivity index (χ3v) is 3.63. The van der Waals surface area contributed by atoms with Gasteiger partial charge < -0.3 is 10.2 Å². The number of rotatable bonds is 4. The van der Waals surface area contributed by atoms with Crippen LogP contribution in [-0.2, 0) is 6.54 Å². The fourth-order valence-electron chi connectivity index (χ4n) is 2.28. The molecule has 0 aliphatic carbocycles. The first-order valence-corrected chi connectivity index (χ1v) is 7.17. The van der Waals surface area contributed by atoms with Crippen molar-refractivity contribution in [2.45, 2.75) is 13.5 Å². The van der Waals surface area contributed by atoms with Gasteiger partial charge >= 0.3 is 0 Å². The lowest BCUT2D eigenvalue weighted by Gasteiger charge is -2.18. The molecule has 4 heteroatoms. The lowest BCUT2D eigenvalue weighted by atomic mass is 10.1. The van der Waals surface area contributed by atoms with Gasteiger partial charge in [-0.3, -0.25) is 4.79 Å². The van der Waals surface area contributed by atoms with Crippen LogP contribution in [0.25, 0.3) is 0 Å². The Morgan fingerprint density at radius 3 is 2.62 bits per heavy atom. The summed E-state index contributed by atoms with van der Waals surface area (Å²) < 4.78 is 0. The van der Waals surface area contributed by atoms with Crippen LogP contribution in [0.15, 0.2) is 42.5 Å². The highest BCUT2D eigenvalue weighted by molar-refractivity contribution is 6.30. The van der Waals surface area contributed by atoms with E-state index in [9.17, 15) is 4.79 Å². The van der Waals surface area contributed by atoms with Gasteiger partial charge in [0, 0.05) is 36.9 Å². The number of hydrogen-bond acceptors (Lipinski definition) is 2. The molecule has 0 spiro atoms. The molecule has 0 radical (unpaired) electrons. The Bertz CT molecular complexity index is 655. The van der Waals surface area contributed by atoms with Crippen LogP contribution in [-0.4, -0.2) is 24.9 Å². The van der Waals surface area contributed by atoms with Gasteiger partial charge in [0.25, 0.3) is 5.91 Å². The van der Waals surface area contributed by atoms with Crippen LogP contribution in [0, 0.1) is 6.92 Å². The number of carbonyl (C=O) groups is 1. The largest absolute Gasteiger partial charge is 0.388 e. The Labute approximate surface area is 130 Å². The van der Waals surface area contributed by atoms with E-state index >= 15 is 0 Å². The predicted molar refractivity (Wildman–Crippen MR) is 88.0 cm³/mol. The van der Waals surface area contributed by atoms with Gasteiger partial charge in [-0.15, -0.1) is 0 Å². The summed E-state index contributed by atoms with van der Waals surface area (Å²) in [5.41, 5.74) is 3.79. The fraction of sp³-hybridized carbons (Fsp3) is 0.235. The molecule has 2 rings (SSSR count). The quantitative estimate of drug-likeness (QED) is 0.927. The number of aryl methyl sites for hydroxylation is 1. The minimum absolute atomic E-state index is 0.000675. The number of halogens is 1. The second-order valence-corrected chi connectivity index (χ2v) is 5.51. The smallest absolute Gasteiger partial charge is 0.253 e. The van der Waals surface area contributed by atoms with E-state index in [1.807, 2.05) is 56.4 Å². The van der Waals surface area contributed by atoms with E-state index in [0.29, 0.717) is 17.1 Å². The highest BCUT2D eigenvalue weighted by Gasteiger charge is 2.13. The van der Waals surface area contributed by atoms with E-state index in [1.54, 1.807) is 11.9 Å². The van der Waals surface area contributed by atoms with Gasteiger partial charge in [-0.1, -0.05) is 23.7 Å². The highest BCUT2D eigenvalue weighted by Crippen LogP contribution is 2.18. The monoisotopic (exact) mass is 302 g/mol. The first-order valence-electron chi connectivity index (χ1n) is 6.79. The Hall–Kier alpha value is -2.00. The highest BCUT2D eigenvalue weighted by atomic mass is 35.5. The third-order valence-electron chi connectivity index (χ3n) is 3.40. The lowest BCUT2D eigenvalue weighted by molar-refractivity contribution is 0.0785. The molecule has 1 amide bonds. The number of amides is 1. The fourth-order valence-corrected chi connectivity index (χ4v) is 2.49. The molecule has 0 saturated heterocycles. The first kappa shape index (κ1) is 15.4. The third kappa shape index (κ3) is 3.76. The average Bonchev–Trinajstić information content (AvgIpc) is 2.46. The zero-order valence-corrected chi connectivity index (χ0v) is 13.2. The van der Waals surface area contributed by atoms with Gasteiger partial charge in [0.05, 0.1) is 0 Å². The Balaban J connectivity index is 2.14. The molecular weight excluding hydrogens is 284 g/mol. The second-order valence-electron chi connectivity index (χ2n) is 5.07. The van der Waals surface area contributed by atoms with Crippen molar-refractivity contribution in [3.8, 4) is 0 Å². The number of carbonyl (C=O) groups excluding carboxylic acids is 1. The first-order chi connectivity index (χ1) is 10.0. The minimum Gasteiger partial charge on any atom is -0.388 e. The van der Waals surface area contributed by atoms with E-state index in [2.05, 4.69) is 5.32 Å². The van der Waals surface area contributed by atoms with Crippen molar-refractivity contribution in [3.05, 3.63) is 64.2 Å². The standard InChI is InChI=1S/C17H19ClN2O/c1-12-9-14(7-8-16(12)19-2)17(21)20(3)11-13-5-4-6-15(18)10-13/h4-10,19H,11H2,1-3H3. The van der Waals surface area contributed by atoms with Crippen molar-refractivity contribution in [1.29, 1.82) is 0 Å². The molecule has 0 fully saturated rings. The number of benzene rings is 2. The molecular formula is C17H19ClN2O. The topological polar surface area (TPSA) is 32.3 Å². The van der Waals surface area contributed by atoms with Crippen molar-refractivity contribution < 1.29 is 4.79 Å². The molecule has 3 nitrogen and oxygen atoms in total. The zero-order chi connectivity index (χ0) is 15.4. The maximum absolute atomic E-state index is 12.5. The van der Waals surface area contributed by atoms with E-state index in [-0.39, 0.29) is 5.91 Å². The van der Waals surface area contributed by atoms with Crippen molar-refractivity contribution in [2.75, 3.05) is 19.4 Å². The normalized spacial score (nSPS) is 10.3. The van der Waals surface area contributed by atoms with Crippen LogP contribution in [0.4, 0.5) is 5.69 Å². The van der Waals surface area contributed by atoms with Crippen LogP contribution in [0.1, 0.15) is 21.5 Å². The van der Waals surface area contributed by atoms with Crippen molar-refractivity contribution in [3.63, 3.8) is 0 Å². The van der Waals surface area contributed by atoms with Crippen LogP contribution in [0.5, 0.6) is 0 Å². The molecule has 110 valence electrons. The minimum atomic E-state index is 0.000675. The van der Waals surface area contributed by atoms with Gasteiger partial charge in [0.2, 0.25) is 0 Å². The molecule has 0 saturated carbocycles. The molecule has 0 aliphatic rings. The van der Waals surface area contributed by atoms with Gasteiger partial charge in [-0.2, -0.15) is 0 Å². The molecule has 1 N–H and O–H groups in total. The lowest BCUT2D eigenvalue weighted by Crippen LogP contribution is -2.26. The van der Waals surface area contributed by atoms with Gasteiger partial charge in [-0.05, 0) is 48.4 Å². The Morgan fingerprint density at radius 1 is 1.24 bits per heavy atom. The number of anilines is 1. The molecule has 0 unspecified atom stereocenters. The summed E-state index contributed by atoms with van der Waals surface area (Å²) in [6, 6.07) is 13.2. The van der Waals surface area contributed by atoms with Crippen LogP contribution < -0.4 is 5.32 Å². The summed E-state index contributed by atoms with van der Waals surface area (Å²) in [6.07, 6.45) is 0. The Kier molecular flexibility index (Phi) is 4.86. The number of hydrogen-bond donors (Lipinski definition) is 1. The number of nitrogens with one attached hydrogen (secondary N) is 1. The van der Waals surface area contributed by atoms with E-state index < -0.39 is 0 Å². The summed E-state index contributed by atoms with van der Waals surface area (Å²) in [5, 5.41) is 3.78. The number of nitrogens with zero attached hydrogens (tertiary/aromatic N) is 1. The van der Waals surface area contributed by atoms with Gasteiger partial charge in [0.1, 0.15) is 0 Å². The maximum atomic E-state index is 12.5. The molecule has 2 aromatic rings.